The number of anilines is 1. The number of nitrogens with one attached hydrogen (secondary N) is 1. The lowest BCUT2D eigenvalue weighted by molar-refractivity contribution is 0.0963. The van der Waals surface area contributed by atoms with Gasteiger partial charge in [0.2, 0.25) is 0 Å². The van der Waals surface area contributed by atoms with Crippen molar-refractivity contribution in [2.24, 2.45) is 0 Å². The molecule has 190 valence electrons. The predicted octanol–water partition coefficient (Wildman–Crippen LogP) is 4.29. The van der Waals surface area contributed by atoms with Crippen molar-refractivity contribution in [1.29, 1.82) is 0 Å². The molecule has 8 nitrogen and oxygen atoms in total. The van der Waals surface area contributed by atoms with Crippen molar-refractivity contribution >= 4 is 32.6 Å². The highest BCUT2D eigenvalue weighted by molar-refractivity contribution is 7.91. The number of fused-ring (bicyclic) bond motifs is 1. The van der Waals surface area contributed by atoms with Crippen molar-refractivity contribution in [3.05, 3.63) is 52.5 Å². The number of amides is 1. The van der Waals surface area contributed by atoms with Gasteiger partial charge in [0.1, 0.15) is 11.3 Å². The highest BCUT2D eigenvalue weighted by Gasteiger charge is 2.27. The van der Waals surface area contributed by atoms with Crippen molar-refractivity contribution in [1.82, 2.24) is 19.9 Å². The van der Waals surface area contributed by atoms with Crippen LogP contribution in [0.5, 0.6) is 0 Å². The topological polar surface area (TPSA) is 120 Å². The van der Waals surface area contributed by atoms with Gasteiger partial charge in [-0.1, -0.05) is 32.4 Å². The number of nitrogens with zero attached hydrogens (tertiary/aromatic N) is 3. The summed E-state index contributed by atoms with van der Waals surface area (Å²) >= 11 is 0. The van der Waals surface area contributed by atoms with Crippen molar-refractivity contribution in [2.45, 2.75) is 71.6 Å². The minimum atomic E-state index is -3.41. The first-order chi connectivity index (χ1) is 16.6. The van der Waals surface area contributed by atoms with Crippen LogP contribution in [-0.4, -0.2) is 41.7 Å². The third-order valence-electron chi connectivity index (χ3n) is 6.52. The Kier molecular flexibility index (Phi) is 8.53. The van der Waals surface area contributed by atoms with E-state index in [2.05, 4.69) is 21.8 Å². The number of sulfone groups is 1. The number of nitrogen functional groups attached to an aromatic ring is 1. The van der Waals surface area contributed by atoms with E-state index in [0.717, 1.165) is 47.4 Å². The van der Waals surface area contributed by atoms with Gasteiger partial charge in [-0.05, 0) is 56.4 Å². The molecule has 0 saturated heterocycles. The first-order valence-corrected chi connectivity index (χ1v) is 14.0. The Labute approximate surface area is 208 Å². The lowest BCUT2D eigenvalue weighted by Gasteiger charge is -2.18. The van der Waals surface area contributed by atoms with Gasteiger partial charge in [-0.15, -0.1) is 0 Å². The highest BCUT2D eigenvalue weighted by Crippen LogP contribution is 2.30. The fraction of sp³-hybridized carbons (Fsp3) is 0.500. The lowest BCUT2D eigenvalue weighted by atomic mass is 10.1. The molecule has 0 aliphatic carbocycles. The second-order valence-electron chi connectivity index (χ2n) is 9.03. The first-order valence-electron chi connectivity index (χ1n) is 12.3. The number of hydrogen-bond donors (Lipinski definition) is 2. The van der Waals surface area contributed by atoms with E-state index in [9.17, 15) is 13.2 Å². The molecule has 9 heteroatoms. The number of nitrogens with two attached hydrogens (primary N) is 1. The van der Waals surface area contributed by atoms with E-state index < -0.39 is 15.1 Å². The van der Waals surface area contributed by atoms with Crippen LogP contribution < -0.4 is 11.1 Å². The molecule has 0 aliphatic rings. The standard InChI is InChI=1S/C26H37N5O3S/c1-6-9-21(19-11-13-20(14-12-19)26(32)28-5)35(33,34)16-8-15-31-22(10-7-2)30-23-24(31)17(3)18(4)29-25(23)27/h11-14,21H,6-10,15-16H2,1-5H3,(H2,27,29)(H,28,32). The summed E-state index contributed by atoms with van der Waals surface area (Å²) in [4.78, 5) is 21.0. The monoisotopic (exact) mass is 499 g/mol. The van der Waals surface area contributed by atoms with Crippen LogP contribution in [0.25, 0.3) is 11.0 Å². The number of carbonyl (C=O) groups excluding carboxylic acids is 1. The SMILES string of the molecule is CCCc1nc2c(N)nc(C)c(C)c2n1CCCS(=O)(=O)C(CCC)c1ccc(C(=O)NC)cc1. The molecule has 0 spiro atoms. The number of benzene rings is 1. The summed E-state index contributed by atoms with van der Waals surface area (Å²) in [6, 6.07) is 6.88. The number of aryl methyl sites for hydroxylation is 4. The Morgan fingerprint density at radius 2 is 1.80 bits per heavy atom. The molecule has 35 heavy (non-hydrogen) atoms. The van der Waals surface area contributed by atoms with Gasteiger partial charge in [0.15, 0.2) is 15.7 Å². The Morgan fingerprint density at radius 1 is 1.11 bits per heavy atom. The molecule has 1 unspecified atom stereocenters. The summed E-state index contributed by atoms with van der Waals surface area (Å²) in [5.41, 5.74) is 10.9. The number of rotatable bonds is 11. The average molecular weight is 500 g/mol. The second kappa shape index (κ2) is 11.2. The summed E-state index contributed by atoms with van der Waals surface area (Å²) < 4.78 is 29.0. The van der Waals surface area contributed by atoms with Gasteiger partial charge in [0.05, 0.1) is 16.5 Å². The van der Waals surface area contributed by atoms with Crippen molar-refractivity contribution in [3.8, 4) is 0 Å². The zero-order valence-electron chi connectivity index (χ0n) is 21.4. The summed E-state index contributed by atoms with van der Waals surface area (Å²) in [7, 11) is -1.83. The van der Waals surface area contributed by atoms with E-state index in [1.165, 1.54) is 0 Å². The maximum absolute atomic E-state index is 13.4. The van der Waals surface area contributed by atoms with E-state index in [-0.39, 0.29) is 11.7 Å². The molecule has 0 radical (unpaired) electrons. The van der Waals surface area contributed by atoms with Gasteiger partial charge in [0, 0.05) is 31.3 Å². The van der Waals surface area contributed by atoms with Gasteiger partial charge in [-0.3, -0.25) is 4.79 Å². The van der Waals surface area contributed by atoms with Crippen LogP contribution in [0.15, 0.2) is 24.3 Å². The molecule has 0 saturated carbocycles. The van der Waals surface area contributed by atoms with Gasteiger partial charge in [0.25, 0.3) is 5.91 Å². The molecule has 1 atom stereocenters. The fourth-order valence-electron chi connectivity index (χ4n) is 4.58. The number of carbonyl (C=O) groups is 1. The van der Waals surface area contributed by atoms with E-state index in [4.69, 9.17) is 10.7 Å². The molecule has 3 aromatic rings. The van der Waals surface area contributed by atoms with Crippen LogP contribution >= 0.6 is 0 Å². The highest BCUT2D eigenvalue weighted by atomic mass is 32.2. The second-order valence-corrected chi connectivity index (χ2v) is 11.3. The van der Waals surface area contributed by atoms with Crippen molar-refractivity contribution < 1.29 is 13.2 Å². The zero-order chi connectivity index (χ0) is 25.8. The molecule has 2 aromatic heterocycles. The summed E-state index contributed by atoms with van der Waals surface area (Å²) in [6.07, 6.45) is 3.48. The molecule has 1 aromatic carbocycles. The van der Waals surface area contributed by atoms with Crippen LogP contribution in [0.1, 0.15) is 77.8 Å². The van der Waals surface area contributed by atoms with Gasteiger partial charge >= 0.3 is 0 Å². The third-order valence-corrected chi connectivity index (χ3v) is 8.75. The van der Waals surface area contributed by atoms with E-state index in [1.54, 1.807) is 31.3 Å². The summed E-state index contributed by atoms with van der Waals surface area (Å²) in [6.45, 7) is 8.56. The Bertz CT molecular complexity index is 1300. The number of aromatic nitrogens is 3. The summed E-state index contributed by atoms with van der Waals surface area (Å²) in [5, 5.41) is 1.99. The van der Waals surface area contributed by atoms with Crippen LogP contribution in [0.2, 0.25) is 0 Å². The smallest absolute Gasteiger partial charge is 0.251 e. The number of imidazole rings is 1. The fourth-order valence-corrected chi connectivity index (χ4v) is 6.56. The normalized spacial score (nSPS) is 12.7. The quantitative estimate of drug-likeness (QED) is 0.406. The van der Waals surface area contributed by atoms with Crippen LogP contribution in [-0.2, 0) is 22.8 Å². The van der Waals surface area contributed by atoms with E-state index >= 15 is 0 Å². The minimum absolute atomic E-state index is 0.0682. The van der Waals surface area contributed by atoms with Gasteiger partial charge in [-0.2, -0.15) is 0 Å². The van der Waals surface area contributed by atoms with E-state index in [1.807, 2.05) is 20.8 Å². The molecule has 0 bridgehead atoms. The molecule has 2 heterocycles. The third kappa shape index (κ3) is 5.66. The molecule has 1 amide bonds. The van der Waals surface area contributed by atoms with Crippen LogP contribution in [0, 0.1) is 13.8 Å². The maximum atomic E-state index is 13.4. The molecule has 0 fully saturated rings. The summed E-state index contributed by atoms with van der Waals surface area (Å²) in [5.74, 6) is 1.20. The predicted molar refractivity (Wildman–Crippen MR) is 141 cm³/mol. The average Bonchev–Trinajstić information content (AvgIpc) is 3.19. The molecule has 0 aliphatic heterocycles. The van der Waals surface area contributed by atoms with Gasteiger partial charge in [-0.25, -0.2) is 18.4 Å². The zero-order valence-corrected chi connectivity index (χ0v) is 22.2. The maximum Gasteiger partial charge on any atom is 0.251 e. The molecule has 3 rings (SSSR count). The largest absolute Gasteiger partial charge is 0.382 e. The van der Waals surface area contributed by atoms with Gasteiger partial charge < -0.3 is 15.6 Å². The number of hydrogen-bond acceptors (Lipinski definition) is 6. The Morgan fingerprint density at radius 3 is 2.40 bits per heavy atom. The number of pyridine rings is 1. The van der Waals surface area contributed by atoms with Crippen LogP contribution in [0.4, 0.5) is 5.82 Å². The molecular weight excluding hydrogens is 462 g/mol. The van der Waals surface area contributed by atoms with Crippen molar-refractivity contribution in [3.63, 3.8) is 0 Å². The molecular formula is C26H37N5O3S. The van der Waals surface area contributed by atoms with Crippen LogP contribution in [0.3, 0.4) is 0 Å². The first kappa shape index (κ1) is 26.7. The van der Waals surface area contributed by atoms with Crippen molar-refractivity contribution in [2.75, 3.05) is 18.5 Å². The molecule has 3 N–H and O–H groups in total. The Balaban J connectivity index is 1.85. The Hall–Kier alpha value is -2.94. The lowest BCUT2D eigenvalue weighted by Crippen LogP contribution is -2.20. The minimum Gasteiger partial charge on any atom is -0.382 e. The van der Waals surface area contributed by atoms with E-state index in [0.29, 0.717) is 36.3 Å².